The summed E-state index contributed by atoms with van der Waals surface area (Å²) in [6.45, 7) is 10.6. The van der Waals surface area contributed by atoms with E-state index >= 15 is 0 Å². The molecular formula is C36H59N5O8S. The number of piperidine rings is 1. The van der Waals surface area contributed by atoms with Crippen LogP contribution in [0.3, 0.4) is 0 Å². The van der Waals surface area contributed by atoms with E-state index in [1.807, 2.05) is 13.8 Å². The Labute approximate surface area is 297 Å². The van der Waals surface area contributed by atoms with E-state index in [1.165, 1.54) is 0 Å². The van der Waals surface area contributed by atoms with Crippen molar-refractivity contribution >= 4 is 39.4 Å². The maximum Gasteiger partial charge on any atom is 0.316 e. The van der Waals surface area contributed by atoms with Gasteiger partial charge in [-0.05, 0) is 61.7 Å². The Hall–Kier alpha value is -2.74. The van der Waals surface area contributed by atoms with Crippen molar-refractivity contribution in [2.45, 2.75) is 147 Å². The van der Waals surface area contributed by atoms with E-state index in [0.717, 1.165) is 44.9 Å². The third-order valence-electron chi connectivity index (χ3n) is 12.5. The molecule has 0 aromatic heterocycles. The molecule has 0 aromatic rings. The van der Waals surface area contributed by atoms with Crippen molar-refractivity contribution < 1.29 is 37.1 Å². The van der Waals surface area contributed by atoms with Crippen molar-refractivity contribution in [1.29, 1.82) is 0 Å². The molecule has 2 heterocycles. The number of amides is 5. The molecule has 2 aliphatic heterocycles. The molecule has 6 atom stereocenters. The Morgan fingerprint density at radius 3 is 2.12 bits per heavy atom. The van der Waals surface area contributed by atoms with Crippen LogP contribution in [0.2, 0.25) is 0 Å². The van der Waals surface area contributed by atoms with Crippen LogP contribution in [0, 0.1) is 22.7 Å². The Balaban J connectivity index is 1.41. The lowest BCUT2D eigenvalue weighted by Crippen LogP contribution is -2.66. The molecular weight excluding hydrogens is 662 g/mol. The number of nitrogens with zero attached hydrogens (tertiary/aromatic N) is 1. The van der Waals surface area contributed by atoms with Crippen LogP contribution in [0.25, 0.3) is 0 Å². The van der Waals surface area contributed by atoms with Crippen molar-refractivity contribution in [3.63, 3.8) is 0 Å². The van der Waals surface area contributed by atoms with Gasteiger partial charge < -0.3 is 30.9 Å². The Kier molecular flexibility index (Phi) is 11.6. The number of fused-ring (bicyclic) bond motifs is 1. The van der Waals surface area contributed by atoms with Crippen LogP contribution >= 0.6 is 0 Å². The minimum Gasteiger partial charge on any atom is -0.359 e. The number of nitrogens with one attached hydrogen (secondary N) is 4. The smallest absolute Gasteiger partial charge is 0.316 e. The molecule has 3 aliphatic carbocycles. The minimum absolute atomic E-state index is 0.0688. The lowest BCUT2D eigenvalue weighted by Gasteiger charge is -2.45. The largest absolute Gasteiger partial charge is 0.359 e. The molecule has 5 aliphatic rings. The molecule has 0 unspecified atom stereocenters. The Morgan fingerprint density at radius 2 is 1.54 bits per heavy atom. The SMILES string of the molecule is CCCC[C@H](NC(=O)[C@@H]1[C@@H]2[C@H](CN1C(=O)[C@@H](NC(=O)NC1([C@@H]3OCCS3(=O)=O)CCCCC1)C1(C)CCCCC1)C2(C)C)C(=O)C(=O)NCC. The molecule has 0 radical (unpaired) electrons. The van der Waals surface area contributed by atoms with Gasteiger partial charge in [0.05, 0.1) is 23.9 Å². The molecule has 5 rings (SSSR count). The van der Waals surface area contributed by atoms with Crippen LogP contribution in [0.1, 0.15) is 118 Å². The summed E-state index contributed by atoms with van der Waals surface area (Å²) in [6, 6.07) is -3.45. The lowest BCUT2D eigenvalue weighted by atomic mass is 9.70. The zero-order valence-electron chi connectivity index (χ0n) is 30.6. The number of rotatable bonds is 13. The van der Waals surface area contributed by atoms with Gasteiger partial charge in [-0.3, -0.25) is 19.2 Å². The Bertz CT molecular complexity index is 1420. The van der Waals surface area contributed by atoms with Crippen LogP contribution in [0.4, 0.5) is 4.79 Å². The second-order valence-electron chi connectivity index (χ2n) is 16.3. The highest BCUT2D eigenvalue weighted by molar-refractivity contribution is 7.92. The number of Topliss-reactive ketones (excluding diaryl/α,β-unsaturated/α-hetero) is 1. The number of carbonyl (C=O) groups excluding carboxylic acids is 5. The average molecular weight is 722 g/mol. The lowest BCUT2D eigenvalue weighted by molar-refractivity contribution is -0.146. The van der Waals surface area contributed by atoms with Crippen LogP contribution in [0.5, 0.6) is 0 Å². The van der Waals surface area contributed by atoms with Gasteiger partial charge in [-0.2, -0.15) is 0 Å². The number of hydrogen-bond acceptors (Lipinski definition) is 8. The number of likely N-dealkylation sites (tertiary alicyclic amines) is 1. The van der Waals surface area contributed by atoms with Crippen molar-refractivity contribution in [2.24, 2.45) is 22.7 Å². The van der Waals surface area contributed by atoms with Gasteiger partial charge in [-0.15, -0.1) is 0 Å². The zero-order valence-corrected chi connectivity index (χ0v) is 31.4. The van der Waals surface area contributed by atoms with Gasteiger partial charge in [0.15, 0.2) is 15.3 Å². The van der Waals surface area contributed by atoms with Gasteiger partial charge >= 0.3 is 6.03 Å². The third kappa shape index (κ3) is 7.56. The number of carbonyl (C=O) groups is 5. The summed E-state index contributed by atoms with van der Waals surface area (Å²) < 4.78 is 31.9. The second kappa shape index (κ2) is 15.1. The molecule has 50 heavy (non-hydrogen) atoms. The number of hydrogen-bond donors (Lipinski definition) is 4. The number of unbranched alkanes of at least 4 members (excludes halogenated alkanes) is 1. The molecule has 14 heteroatoms. The van der Waals surface area contributed by atoms with Crippen molar-refractivity contribution in [3.8, 4) is 0 Å². The molecule has 5 fully saturated rings. The highest BCUT2D eigenvalue weighted by atomic mass is 32.2. The molecule has 13 nitrogen and oxygen atoms in total. The number of likely N-dealkylation sites (N-methyl/N-ethyl adjacent to an activating group) is 1. The number of urea groups is 1. The minimum atomic E-state index is -3.57. The predicted molar refractivity (Wildman–Crippen MR) is 187 cm³/mol. The van der Waals surface area contributed by atoms with Crippen LogP contribution in [-0.2, 0) is 33.8 Å². The zero-order chi connectivity index (χ0) is 36.5. The first kappa shape index (κ1) is 38.5. The summed E-state index contributed by atoms with van der Waals surface area (Å²) in [5.74, 6) is -2.42. The summed E-state index contributed by atoms with van der Waals surface area (Å²) in [5, 5.41) is 11.5. The summed E-state index contributed by atoms with van der Waals surface area (Å²) >= 11 is 0. The fraction of sp³-hybridized carbons (Fsp3) is 0.861. The maximum atomic E-state index is 14.8. The van der Waals surface area contributed by atoms with Crippen LogP contribution in [-0.4, -0.2) is 97.4 Å². The molecule has 0 aromatic carbocycles. The standard InChI is InChI=1S/C36H59N5O8S/c1-6-8-15-24(27(42)30(44)37-7-2)38-29(43)26-25-23(34(25,3)4)22-41(26)31(45)28(35(5)16-11-9-12-17-35)39-33(46)40-36(18-13-10-14-19-36)32-49-20-21-50(32,47)48/h23-26,28,32H,6-22H2,1-5H3,(H,37,44)(H,38,43)(H2,39,40,46)/t23-,24-,25-,26-,28+,32+/m0/s1. The van der Waals surface area contributed by atoms with Gasteiger partial charge in [-0.25, -0.2) is 13.2 Å². The van der Waals surface area contributed by atoms with Crippen molar-refractivity contribution in [1.82, 2.24) is 26.2 Å². The van der Waals surface area contributed by atoms with E-state index in [1.54, 1.807) is 11.8 Å². The molecule has 3 saturated carbocycles. The maximum absolute atomic E-state index is 14.8. The van der Waals surface area contributed by atoms with E-state index in [4.69, 9.17) is 4.74 Å². The van der Waals surface area contributed by atoms with E-state index in [-0.39, 0.29) is 42.1 Å². The molecule has 282 valence electrons. The summed E-state index contributed by atoms with van der Waals surface area (Å²) in [6.07, 6.45) is 9.29. The quantitative estimate of drug-likeness (QED) is 0.210. The highest BCUT2D eigenvalue weighted by Crippen LogP contribution is 2.65. The molecule has 0 spiro atoms. The van der Waals surface area contributed by atoms with Crippen molar-refractivity contribution in [2.75, 3.05) is 25.4 Å². The monoisotopic (exact) mass is 721 g/mol. The second-order valence-corrected chi connectivity index (χ2v) is 18.5. The first-order valence-electron chi connectivity index (χ1n) is 19.0. The number of ether oxygens (including phenoxy) is 1. The highest BCUT2D eigenvalue weighted by Gasteiger charge is 2.70. The topological polar surface area (TPSA) is 180 Å². The van der Waals surface area contributed by atoms with Crippen molar-refractivity contribution in [3.05, 3.63) is 0 Å². The normalized spacial score (nSPS) is 29.9. The predicted octanol–water partition coefficient (Wildman–Crippen LogP) is 2.96. The molecule has 2 saturated heterocycles. The summed E-state index contributed by atoms with van der Waals surface area (Å²) in [7, 11) is -3.57. The first-order valence-corrected chi connectivity index (χ1v) is 20.7. The van der Waals surface area contributed by atoms with E-state index in [9.17, 15) is 32.4 Å². The molecule has 4 N–H and O–H groups in total. The average Bonchev–Trinajstić information content (AvgIpc) is 3.37. The van der Waals surface area contributed by atoms with Gasteiger partial charge in [0.2, 0.25) is 17.6 Å². The van der Waals surface area contributed by atoms with Gasteiger partial charge in [-0.1, -0.05) is 79.1 Å². The Morgan fingerprint density at radius 1 is 0.900 bits per heavy atom. The molecule has 0 bridgehead atoms. The third-order valence-corrected chi connectivity index (χ3v) is 14.5. The first-order chi connectivity index (χ1) is 23.6. The van der Waals surface area contributed by atoms with Gasteiger partial charge in [0.25, 0.3) is 5.91 Å². The number of ketones is 1. The fourth-order valence-electron chi connectivity index (χ4n) is 9.48. The summed E-state index contributed by atoms with van der Waals surface area (Å²) in [4.78, 5) is 70.3. The summed E-state index contributed by atoms with van der Waals surface area (Å²) in [5.41, 5.74) is -3.02. The van der Waals surface area contributed by atoms with Crippen LogP contribution < -0.4 is 21.3 Å². The van der Waals surface area contributed by atoms with E-state index < -0.39 is 68.0 Å². The molecule has 5 amide bonds. The van der Waals surface area contributed by atoms with Gasteiger partial charge in [0, 0.05) is 13.1 Å². The number of sulfone groups is 1. The fourth-order valence-corrected chi connectivity index (χ4v) is 11.3. The van der Waals surface area contributed by atoms with Crippen LogP contribution in [0.15, 0.2) is 0 Å². The van der Waals surface area contributed by atoms with E-state index in [2.05, 4.69) is 35.1 Å². The van der Waals surface area contributed by atoms with E-state index in [0.29, 0.717) is 45.1 Å². The van der Waals surface area contributed by atoms with Gasteiger partial charge in [0.1, 0.15) is 12.1 Å².